The summed E-state index contributed by atoms with van der Waals surface area (Å²) in [4.78, 5) is 12.0. The van der Waals surface area contributed by atoms with Gasteiger partial charge in [0.15, 0.2) is 0 Å². The first-order chi connectivity index (χ1) is 9.97. The van der Waals surface area contributed by atoms with Crippen LogP contribution in [0.25, 0.3) is 0 Å². The highest BCUT2D eigenvalue weighted by Gasteiger charge is 2.31. The molecule has 0 unspecified atom stereocenters. The standard InChI is InChI=1S/C15H19NO4S/c1-11(12-3-4-12)20-15(17)13-5-7-14(8-6-13)16-9-2-10-21(16,18)19/h5-8,11-12H,2-4,9-10H2,1H3/t11-/m1/s1. The van der Waals surface area contributed by atoms with E-state index in [1.54, 1.807) is 24.3 Å². The summed E-state index contributed by atoms with van der Waals surface area (Å²) in [6.07, 6.45) is 2.85. The lowest BCUT2D eigenvalue weighted by molar-refractivity contribution is 0.0295. The SMILES string of the molecule is C[C@@H](OC(=O)c1ccc(N2CCCS2(=O)=O)cc1)C1CC1. The van der Waals surface area contributed by atoms with E-state index >= 15 is 0 Å². The van der Waals surface area contributed by atoms with Gasteiger partial charge in [0.2, 0.25) is 10.0 Å². The molecule has 0 bridgehead atoms. The van der Waals surface area contributed by atoms with Crippen molar-refractivity contribution in [1.29, 1.82) is 0 Å². The van der Waals surface area contributed by atoms with Crippen molar-refractivity contribution in [3.05, 3.63) is 29.8 Å². The molecule has 21 heavy (non-hydrogen) atoms. The van der Waals surface area contributed by atoms with Crippen molar-refractivity contribution in [2.24, 2.45) is 5.92 Å². The Morgan fingerprint density at radius 3 is 2.48 bits per heavy atom. The second-order valence-electron chi connectivity index (χ2n) is 5.74. The summed E-state index contributed by atoms with van der Waals surface area (Å²) < 4.78 is 30.5. The monoisotopic (exact) mass is 309 g/mol. The fourth-order valence-electron chi connectivity index (χ4n) is 2.59. The van der Waals surface area contributed by atoms with Crippen LogP contribution in [-0.2, 0) is 14.8 Å². The Balaban J connectivity index is 1.70. The molecule has 1 atom stereocenters. The number of carbonyl (C=O) groups is 1. The van der Waals surface area contributed by atoms with Crippen LogP contribution in [0.15, 0.2) is 24.3 Å². The molecule has 1 saturated carbocycles. The number of hydrogen-bond acceptors (Lipinski definition) is 4. The summed E-state index contributed by atoms with van der Waals surface area (Å²) in [5.41, 5.74) is 1.07. The molecule has 2 fully saturated rings. The topological polar surface area (TPSA) is 63.7 Å². The molecule has 6 heteroatoms. The van der Waals surface area contributed by atoms with Crippen LogP contribution >= 0.6 is 0 Å². The number of ether oxygens (including phenoxy) is 1. The Morgan fingerprint density at radius 1 is 1.29 bits per heavy atom. The minimum absolute atomic E-state index is 0.0452. The van der Waals surface area contributed by atoms with E-state index in [-0.39, 0.29) is 17.8 Å². The molecule has 3 rings (SSSR count). The van der Waals surface area contributed by atoms with Crippen LogP contribution in [-0.4, -0.2) is 32.8 Å². The van der Waals surface area contributed by atoms with Gasteiger partial charge in [-0.25, -0.2) is 13.2 Å². The quantitative estimate of drug-likeness (QED) is 0.800. The summed E-state index contributed by atoms with van der Waals surface area (Å²) in [5.74, 6) is 0.351. The van der Waals surface area contributed by atoms with Crippen LogP contribution < -0.4 is 4.31 Å². The van der Waals surface area contributed by atoms with E-state index in [0.717, 1.165) is 12.8 Å². The molecule has 1 aromatic carbocycles. The Bertz CT molecular complexity index is 634. The van der Waals surface area contributed by atoms with Crippen LogP contribution in [0.2, 0.25) is 0 Å². The minimum Gasteiger partial charge on any atom is -0.459 e. The van der Waals surface area contributed by atoms with Crippen LogP contribution in [0.5, 0.6) is 0 Å². The Hall–Kier alpha value is -1.56. The molecular formula is C15H19NO4S. The summed E-state index contributed by atoms with van der Waals surface area (Å²) >= 11 is 0. The van der Waals surface area contributed by atoms with E-state index in [1.807, 2.05) is 6.92 Å². The zero-order chi connectivity index (χ0) is 15.0. The molecule has 1 aliphatic carbocycles. The van der Waals surface area contributed by atoms with Gasteiger partial charge in [-0.15, -0.1) is 0 Å². The van der Waals surface area contributed by atoms with Gasteiger partial charge < -0.3 is 4.74 Å². The lowest BCUT2D eigenvalue weighted by Gasteiger charge is -2.17. The molecule has 1 aliphatic heterocycles. The normalized spacial score (nSPS) is 22.0. The maximum absolute atomic E-state index is 12.0. The summed E-state index contributed by atoms with van der Waals surface area (Å²) in [7, 11) is -3.18. The van der Waals surface area contributed by atoms with Gasteiger partial charge >= 0.3 is 5.97 Å². The first-order valence-corrected chi connectivity index (χ1v) is 8.90. The largest absolute Gasteiger partial charge is 0.459 e. The maximum Gasteiger partial charge on any atom is 0.338 e. The van der Waals surface area contributed by atoms with Gasteiger partial charge in [0, 0.05) is 6.54 Å². The highest BCUT2D eigenvalue weighted by atomic mass is 32.2. The summed E-state index contributed by atoms with van der Waals surface area (Å²) in [6.45, 7) is 2.42. The van der Waals surface area contributed by atoms with Crippen molar-refractivity contribution in [1.82, 2.24) is 0 Å². The highest BCUT2D eigenvalue weighted by Crippen LogP contribution is 2.34. The zero-order valence-corrected chi connectivity index (χ0v) is 12.8. The molecule has 0 aromatic heterocycles. The van der Waals surface area contributed by atoms with E-state index in [1.165, 1.54) is 4.31 Å². The van der Waals surface area contributed by atoms with E-state index < -0.39 is 10.0 Å². The number of benzene rings is 1. The predicted molar refractivity (Wildman–Crippen MR) is 79.8 cm³/mol. The predicted octanol–water partition coefficient (Wildman–Crippen LogP) is 2.18. The van der Waals surface area contributed by atoms with E-state index in [2.05, 4.69) is 0 Å². The first-order valence-electron chi connectivity index (χ1n) is 7.29. The third-order valence-electron chi connectivity index (χ3n) is 4.07. The molecule has 0 amide bonds. The third kappa shape index (κ3) is 3.05. The third-order valence-corrected chi connectivity index (χ3v) is 5.94. The molecule has 5 nitrogen and oxygen atoms in total. The van der Waals surface area contributed by atoms with Crippen molar-refractivity contribution in [3.8, 4) is 0 Å². The maximum atomic E-state index is 12.0. The number of esters is 1. The van der Waals surface area contributed by atoms with Gasteiger partial charge in [-0.3, -0.25) is 4.31 Å². The van der Waals surface area contributed by atoms with Gasteiger partial charge in [-0.1, -0.05) is 0 Å². The number of anilines is 1. The highest BCUT2D eigenvalue weighted by molar-refractivity contribution is 7.93. The van der Waals surface area contributed by atoms with Gasteiger partial charge in [0.05, 0.1) is 17.0 Å². The Kier molecular flexibility index (Phi) is 3.65. The second kappa shape index (κ2) is 5.33. The molecule has 114 valence electrons. The van der Waals surface area contributed by atoms with E-state index in [9.17, 15) is 13.2 Å². The molecule has 2 aliphatic rings. The lowest BCUT2D eigenvalue weighted by atomic mass is 10.2. The number of hydrogen-bond donors (Lipinski definition) is 0. The van der Waals surface area contributed by atoms with E-state index in [0.29, 0.717) is 30.1 Å². The molecule has 0 spiro atoms. The van der Waals surface area contributed by atoms with Gasteiger partial charge in [0.25, 0.3) is 0 Å². The number of nitrogens with zero attached hydrogens (tertiary/aromatic N) is 1. The minimum atomic E-state index is -3.18. The zero-order valence-electron chi connectivity index (χ0n) is 12.0. The van der Waals surface area contributed by atoms with Crippen molar-refractivity contribution in [3.63, 3.8) is 0 Å². The smallest absolute Gasteiger partial charge is 0.338 e. The first kappa shape index (κ1) is 14.4. The fraction of sp³-hybridized carbons (Fsp3) is 0.533. The van der Waals surface area contributed by atoms with Gasteiger partial charge in [-0.05, 0) is 56.4 Å². The van der Waals surface area contributed by atoms with Crippen molar-refractivity contribution in [2.75, 3.05) is 16.6 Å². The number of carbonyl (C=O) groups excluding carboxylic acids is 1. The van der Waals surface area contributed by atoms with Crippen molar-refractivity contribution < 1.29 is 17.9 Å². The fourth-order valence-corrected chi connectivity index (χ4v) is 4.16. The number of sulfonamides is 1. The average Bonchev–Trinajstić information content (AvgIpc) is 3.23. The van der Waals surface area contributed by atoms with Crippen LogP contribution in [0.3, 0.4) is 0 Å². The molecular weight excluding hydrogens is 290 g/mol. The summed E-state index contributed by atoms with van der Waals surface area (Å²) in [6, 6.07) is 6.60. The molecule has 1 aromatic rings. The van der Waals surface area contributed by atoms with Gasteiger partial charge in [-0.2, -0.15) is 0 Å². The average molecular weight is 309 g/mol. The second-order valence-corrected chi connectivity index (χ2v) is 7.75. The Labute approximate surface area is 124 Å². The molecule has 1 heterocycles. The van der Waals surface area contributed by atoms with Crippen LogP contribution in [0, 0.1) is 5.92 Å². The van der Waals surface area contributed by atoms with Gasteiger partial charge in [0.1, 0.15) is 6.10 Å². The molecule has 0 N–H and O–H groups in total. The number of rotatable bonds is 4. The van der Waals surface area contributed by atoms with Crippen LogP contribution in [0.1, 0.15) is 36.5 Å². The van der Waals surface area contributed by atoms with Crippen molar-refractivity contribution >= 4 is 21.7 Å². The van der Waals surface area contributed by atoms with Crippen molar-refractivity contribution in [2.45, 2.75) is 32.3 Å². The van der Waals surface area contributed by atoms with E-state index in [4.69, 9.17) is 4.74 Å². The summed E-state index contributed by atoms with van der Waals surface area (Å²) in [5, 5.41) is 0. The lowest BCUT2D eigenvalue weighted by Crippen LogP contribution is -2.25. The van der Waals surface area contributed by atoms with Crippen LogP contribution in [0.4, 0.5) is 5.69 Å². The molecule has 0 radical (unpaired) electrons. The molecule has 1 saturated heterocycles. The Morgan fingerprint density at radius 2 is 1.95 bits per heavy atom.